The maximum absolute atomic E-state index is 12.6. The molecule has 0 bridgehead atoms. The van der Waals surface area contributed by atoms with E-state index in [9.17, 15) is 19.2 Å². The summed E-state index contributed by atoms with van der Waals surface area (Å²) in [5.74, 6) is -0.644. The number of fused-ring (bicyclic) bond motifs is 2. The first-order chi connectivity index (χ1) is 33.2. The lowest BCUT2D eigenvalue weighted by Gasteiger charge is -2.32. The summed E-state index contributed by atoms with van der Waals surface area (Å²) in [6, 6.07) is 26.3. The van der Waals surface area contributed by atoms with Crippen molar-refractivity contribution >= 4 is 86.8 Å². The van der Waals surface area contributed by atoms with Crippen molar-refractivity contribution in [3.05, 3.63) is 133 Å². The Morgan fingerprint density at radius 3 is 1.69 bits per heavy atom. The number of carbonyl (C=O) groups excluding carboxylic acids is 4. The van der Waals surface area contributed by atoms with Crippen molar-refractivity contribution in [2.24, 2.45) is 14.1 Å². The van der Waals surface area contributed by atoms with Crippen molar-refractivity contribution in [2.45, 2.75) is 103 Å². The molecule has 1 fully saturated rings. The largest absolute Gasteiger partial charge is 0.494 e. The van der Waals surface area contributed by atoms with Crippen LogP contribution >= 0.6 is 39.1 Å². The number of rotatable bonds is 10. The second-order valence-corrected chi connectivity index (χ2v) is 19.7. The number of hydrogen-bond donors (Lipinski definition) is 2. The number of ether oxygens (including phenoxy) is 2. The first-order valence-corrected chi connectivity index (χ1v) is 24.3. The molecule has 366 valence electrons. The van der Waals surface area contributed by atoms with Crippen molar-refractivity contribution < 1.29 is 38.0 Å². The van der Waals surface area contributed by atoms with Crippen LogP contribution in [0.1, 0.15) is 100 Å². The minimum absolute atomic E-state index is 0.0193. The quantitative estimate of drug-likeness (QED) is 0.0981. The fourth-order valence-electron chi connectivity index (χ4n) is 7.89. The topological polar surface area (TPSA) is 191 Å². The lowest BCUT2D eigenvalue weighted by atomic mass is 9.77. The average molecular weight is 1060 g/mol. The molecule has 0 radical (unpaired) electrons. The lowest BCUT2D eigenvalue weighted by molar-refractivity contribution is -0.148. The highest BCUT2D eigenvalue weighted by Gasteiger charge is 2.51. The maximum atomic E-state index is 12.6. The summed E-state index contributed by atoms with van der Waals surface area (Å²) in [6.45, 7) is 11.8. The molecule has 3 aliphatic heterocycles. The molecule has 9 rings (SSSR count). The molecule has 20 heteroatoms. The van der Waals surface area contributed by atoms with E-state index in [-0.39, 0.29) is 54.9 Å². The minimum atomic E-state index is -0.469. The zero-order chi connectivity index (χ0) is 50.5. The van der Waals surface area contributed by atoms with E-state index in [1.165, 1.54) is 4.68 Å². The van der Waals surface area contributed by atoms with E-state index < -0.39 is 12.2 Å². The standard InChI is InChI=1S/C22H21ClN4O3.C15H20BNO3.C13H13BrClN3O2/c1-13(16-5-3-4-6-17(16)23)30-21(29)12-19-22(25-26-27(19)2)15-7-9-18-14(11-15)8-10-20(28)24-18;1-14(2)15(3,4)20-16(19-14)11-6-7-12-10(9-11)5-8-13(18)17-12;1-8(9-5-3-4-6-10(9)15)20-12(19)7-11-13(14)16-17-18(11)2/h3-7,9,11,13H,8,10,12H2,1-2H3,(H,24,28);6-7,9H,5,8H2,1-4H3,(H,17,18);3-6,8H,7H2,1-2H3/t13-;;8-/m1.1/s1. The van der Waals surface area contributed by atoms with Gasteiger partial charge in [0, 0.05) is 65.0 Å². The second kappa shape index (κ2) is 22.0. The second-order valence-electron chi connectivity index (χ2n) is 18.1. The number of hydrogen-bond acceptors (Lipinski definition) is 12. The van der Waals surface area contributed by atoms with Gasteiger partial charge in [0.15, 0.2) is 4.60 Å². The highest BCUT2D eigenvalue weighted by Crippen LogP contribution is 2.37. The monoisotopic (exact) mass is 1050 g/mol. The highest BCUT2D eigenvalue weighted by molar-refractivity contribution is 9.10. The molecule has 2 aromatic heterocycles. The minimum Gasteiger partial charge on any atom is -0.457 e. The molecule has 6 aromatic rings. The van der Waals surface area contributed by atoms with E-state index in [0.717, 1.165) is 51.1 Å². The maximum Gasteiger partial charge on any atom is 0.494 e. The molecule has 4 aromatic carbocycles. The number of esters is 2. The van der Waals surface area contributed by atoms with Gasteiger partial charge in [0.25, 0.3) is 0 Å². The Hall–Kier alpha value is -5.92. The molecule has 1 saturated heterocycles. The van der Waals surface area contributed by atoms with Crippen molar-refractivity contribution in [1.29, 1.82) is 0 Å². The van der Waals surface area contributed by atoms with E-state index >= 15 is 0 Å². The SMILES string of the molecule is CC1(C)OB(c2ccc3c(c2)CCC(=O)N3)OC1(C)C.C[C@@H](OC(=O)Cc1c(-c2ccc3c(c2)CCC(=O)N3)nnn1C)c1ccccc1Cl.C[C@@H](OC(=O)Cc1c(Br)nnn1C)c1ccccc1Cl. The first-order valence-electron chi connectivity index (χ1n) is 22.7. The molecular formula is C50H54BBrCl2N8O8. The van der Waals surface area contributed by atoms with E-state index in [1.807, 2.05) is 94.4 Å². The summed E-state index contributed by atoms with van der Waals surface area (Å²) in [6.07, 6.45) is 1.69. The van der Waals surface area contributed by atoms with Gasteiger partial charge in [-0.05, 0) is 117 Å². The third kappa shape index (κ3) is 12.3. The van der Waals surface area contributed by atoms with Crippen LogP contribution in [0.2, 0.25) is 10.0 Å². The number of benzene rings is 4. The molecule has 0 spiro atoms. The normalized spacial score (nSPS) is 16.2. The van der Waals surface area contributed by atoms with Gasteiger partial charge >= 0.3 is 19.1 Å². The number of carbonyl (C=O) groups is 4. The van der Waals surface area contributed by atoms with Crippen LogP contribution in [0, 0.1) is 0 Å². The van der Waals surface area contributed by atoms with Gasteiger partial charge in [0.1, 0.15) is 17.9 Å². The molecule has 16 nitrogen and oxygen atoms in total. The first kappa shape index (κ1) is 51.9. The Morgan fingerprint density at radius 1 is 0.700 bits per heavy atom. The van der Waals surface area contributed by atoms with Crippen LogP contribution in [0.25, 0.3) is 11.3 Å². The summed E-state index contributed by atoms with van der Waals surface area (Å²) in [5.41, 5.74) is 8.59. The van der Waals surface area contributed by atoms with Crippen molar-refractivity contribution in [2.75, 3.05) is 10.6 Å². The summed E-state index contributed by atoms with van der Waals surface area (Å²) >= 11 is 15.5. The van der Waals surface area contributed by atoms with E-state index in [4.69, 9.17) is 42.0 Å². The van der Waals surface area contributed by atoms with Gasteiger partial charge in [-0.1, -0.05) is 88.2 Å². The zero-order valence-corrected chi connectivity index (χ0v) is 43.2. The molecule has 5 heterocycles. The van der Waals surface area contributed by atoms with E-state index in [0.29, 0.717) is 51.0 Å². The summed E-state index contributed by atoms with van der Waals surface area (Å²) in [5, 5.41) is 22.9. The van der Waals surface area contributed by atoms with Crippen LogP contribution in [-0.4, -0.2) is 72.1 Å². The van der Waals surface area contributed by atoms with Crippen LogP contribution in [0.15, 0.2) is 89.5 Å². The third-order valence-electron chi connectivity index (χ3n) is 12.6. The van der Waals surface area contributed by atoms with Gasteiger partial charge in [-0.2, -0.15) is 0 Å². The van der Waals surface area contributed by atoms with Crippen LogP contribution in [0.5, 0.6) is 0 Å². The molecular weight excluding hydrogens is 1000 g/mol. The van der Waals surface area contributed by atoms with Crippen LogP contribution < -0.4 is 16.1 Å². The molecule has 2 amide bonds. The smallest absolute Gasteiger partial charge is 0.457 e. The fourth-order valence-corrected chi connectivity index (χ4v) is 8.93. The van der Waals surface area contributed by atoms with Gasteiger partial charge < -0.3 is 29.4 Å². The summed E-state index contributed by atoms with van der Waals surface area (Å²) in [7, 11) is 3.12. The lowest BCUT2D eigenvalue weighted by Crippen LogP contribution is -2.41. The number of nitrogens with one attached hydrogen (secondary N) is 2. The Kier molecular flexibility index (Phi) is 16.3. The predicted octanol–water partition coefficient (Wildman–Crippen LogP) is 8.82. The molecule has 0 aliphatic carbocycles. The van der Waals surface area contributed by atoms with Gasteiger partial charge in [0.2, 0.25) is 11.8 Å². The predicted molar refractivity (Wildman–Crippen MR) is 271 cm³/mol. The molecule has 70 heavy (non-hydrogen) atoms. The van der Waals surface area contributed by atoms with Crippen molar-refractivity contribution in [3.63, 3.8) is 0 Å². The number of halogens is 3. The van der Waals surface area contributed by atoms with Crippen molar-refractivity contribution in [1.82, 2.24) is 30.0 Å². The highest BCUT2D eigenvalue weighted by atomic mass is 79.9. The number of nitrogens with zero attached hydrogens (tertiary/aromatic N) is 6. The van der Waals surface area contributed by atoms with Crippen LogP contribution in [0.4, 0.5) is 11.4 Å². The molecule has 3 aliphatic rings. The number of anilines is 2. The van der Waals surface area contributed by atoms with Crippen LogP contribution in [-0.2, 0) is 77.7 Å². The van der Waals surface area contributed by atoms with Crippen LogP contribution in [0.3, 0.4) is 0 Å². The van der Waals surface area contributed by atoms with Gasteiger partial charge in [-0.3, -0.25) is 28.5 Å². The van der Waals surface area contributed by atoms with E-state index in [1.54, 1.807) is 44.8 Å². The van der Waals surface area contributed by atoms with Gasteiger partial charge in [0.05, 0.1) is 35.4 Å². The molecule has 0 unspecified atom stereocenters. The number of amides is 2. The Balaban J connectivity index is 0.000000160. The molecule has 2 atom stereocenters. The Morgan fingerprint density at radius 2 is 1.17 bits per heavy atom. The van der Waals surface area contributed by atoms with Gasteiger partial charge in [-0.15, -0.1) is 10.2 Å². The Bertz CT molecular complexity index is 2890. The van der Waals surface area contributed by atoms with Gasteiger partial charge in [-0.25, -0.2) is 0 Å². The summed E-state index contributed by atoms with van der Waals surface area (Å²) in [4.78, 5) is 47.5. The third-order valence-corrected chi connectivity index (χ3v) is 13.9. The molecule has 2 N–H and O–H groups in total. The molecule has 0 saturated carbocycles. The average Bonchev–Trinajstić information content (AvgIpc) is 3.91. The van der Waals surface area contributed by atoms with E-state index in [2.05, 4.69) is 53.3 Å². The summed E-state index contributed by atoms with van der Waals surface area (Å²) < 4.78 is 26.8. The zero-order valence-electron chi connectivity index (χ0n) is 40.1. The number of aromatic nitrogens is 6. The fraction of sp³-hybridized carbons (Fsp3) is 0.360. The number of aryl methyl sites for hydroxylation is 4. The Labute approximate surface area is 425 Å². The van der Waals surface area contributed by atoms with Crippen molar-refractivity contribution in [3.8, 4) is 11.3 Å².